The maximum Gasteiger partial charge on any atom is 0.309 e. The van der Waals surface area contributed by atoms with Gasteiger partial charge in [-0.1, -0.05) is 40.5 Å². The summed E-state index contributed by atoms with van der Waals surface area (Å²) >= 11 is 13.0. The zero-order valence-corrected chi connectivity index (χ0v) is 22.8. The van der Waals surface area contributed by atoms with Gasteiger partial charge in [0, 0.05) is 17.4 Å². The molecule has 2 aromatic carbocycles. The summed E-state index contributed by atoms with van der Waals surface area (Å²) in [4.78, 5) is 25.2. The highest BCUT2D eigenvalue weighted by molar-refractivity contribution is 6.39. The van der Waals surface area contributed by atoms with Crippen LogP contribution in [-0.2, 0) is 21.6 Å². The Morgan fingerprint density at radius 2 is 1.82 bits per heavy atom. The van der Waals surface area contributed by atoms with E-state index >= 15 is 0 Å². The molecule has 1 atom stereocenters. The Morgan fingerprint density at radius 3 is 2.46 bits per heavy atom. The molecule has 0 saturated heterocycles. The predicted molar refractivity (Wildman–Crippen MR) is 144 cm³/mol. The van der Waals surface area contributed by atoms with E-state index in [4.69, 9.17) is 32.5 Å². The lowest BCUT2D eigenvalue weighted by molar-refractivity contribution is -0.226. The molecule has 0 amide bonds. The van der Waals surface area contributed by atoms with Crippen LogP contribution in [0.3, 0.4) is 0 Å². The summed E-state index contributed by atoms with van der Waals surface area (Å²) in [5.74, 6) is 1.36. The van der Waals surface area contributed by atoms with Crippen molar-refractivity contribution >= 4 is 35.0 Å². The summed E-state index contributed by atoms with van der Waals surface area (Å²) in [6.45, 7) is 0.260. The molecule has 0 radical (unpaired) electrons. The third kappa shape index (κ3) is 3.37. The first-order chi connectivity index (χ1) is 18.7. The summed E-state index contributed by atoms with van der Waals surface area (Å²) < 4.78 is 12.1. The molecule has 1 spiro atoms. The minimum Gasteiger partial charge on any atom is -0.489 e. The number of nitrogens with zero attached hydrogens (tertiary/aromatic N) is 1. The second-order valence-electron chi connectivity index (χ2n) is 12.6. The predicted octanol–water partition coefficient (Wildman–Crippen LogP) is 7.45. The zero-order chi connectivity index (χ0) is 26.7. The molecule has 1 heterocycles. The lowest BCUT2D eigenvalue weighted by atomic mass is 9.33. The number of hydrogen-bond donors (Lipinski definition) is 1. The van der Waals surface area contributed by atoms with E-state index in [9.17, 15) is 14.7 Å². The first-order valence-electron chi connectivity index (χ1n) is 13.7. The number of fused-ring (bicyclic) bond motifs is 2. The van der Waals surface area contributed by atoms with Crippen LogP contribution in [0, 0.1) is 10.8 Å². The molecule has 0 aliphatic heterocycles. The average molecular weight is 564 g/mol. The Kier molecular flexibility index (Phi) is 4.85. The van der Waals surface area contributed by atoms with Gasteiger partial charge < -0.3 is 14.4 Å². The topological polar surface area (TPSA) is 89.6 Å². The molecule has 5 saturated carbocycles. The molecule has 2 bridgehead atoms. The van der Waals surface area contributed by atoms with Crippen LogP contribution in [0.5, 0.6) is 5.75 Å². The van der Waals surface area contributed by atoms with Gasteiger partial charge >= 0.3 is 5.97 Å². The molecule has 8 heteroatoms. The molecule has 39 heavy (non-hydrogen) atoms. The van der Waals surface area contributed by atoms with Crippen LogP contribution >= 0.6 is 23.2 Å². The van der Waals surface area contributed by atoms with Gasteiger partial charge in [-0.2, -0.15) is 0 Å². The molecule has 6 aliphatic carbocycles. The van der Waals surface area contributed by atoms with Crippen molar-refractivity contribution in [1.29, 1.82) is 0 Å². The number of aromatic nitrogens is 1. The van der Waals surface area contributed by atoms with Gasteiger partial charge in [-0.3, -0.25) is 9.59 Å². The van der Waals surface area contributed by atoms with Crippen molar-refractivity contribution in [2.75, 3.05) is 0 Å². The Morgan fingerprint density at radius 1 is 1.10 bits per heavy atom. The van der Waals surface area contributed by atoms with Crippen molar-refractivity contribution in [3.63, 3.8) is 0 Å². The Bertz CT molecular complexity index is 1540. The van der Waals surface area contributed by atoms with Crippen LogP contribution in [0.2, 0.25) is 10.0 Å². The van der Waals surface area contributed by atoms with Crippen molar-refractivity contribution in [3.8, 4) is 17.0 Å². The van der Waals surface area contributed by atoms with Crippen LogP contribution in [-0.4, -0.2) is 22.0 Å². The number of halogens is 2. The van der Waals surface area contributed by atoms with Gasteiger partial charge in [0.15, 0.2) is 5.78 Å². The van der Waals surface area contributed by atoms with Gasteiger partial charge in [-0.05, 0) is 92.2 Å². The van der Waals surface area contributed by atoms with E-state index in [2.05, 4.69) is 11.2 Å². The number of ketones is 1. The highest BCUT2D eigenvalue weighted by Gasteiger charge is 2.73. The van der Waals surface area contributed by atoms with Crippen molar-refractivity contribution in [1.82, 2.24) is 5.16 Å². The molecule has 6 aliphatic rings. The van der Waals surface area contributed by atoms with Gasteiger partial charge in [0.2, 0.25) is 0 Å². The summed E-state index contributed by atoms with van der Waals surface area (Å²) in [5, 5.41) is 14.9. The minimum atomic E-state index is -0.680. The second kappa shape index (κ2) is 7.88. The smallest absolute Gasteiger partial charge is 0.309 e. The molecule has 5 fully saturated rings. The molecule has 200 valence electrons. The van der Waals surface area contributed by atoms with Crippen LogP contribution in [0.25, 0.3) is 11.3 Å². The molecule has 1 unspecified atom stereocenters. The zero-order valence-electron chi connectivity index (χ0n) is 21.3. The lowest BCUT2D eigenvalue weighted by Gasteiger charge is -2.69. The Hall–Kier alpha value is -2.83. The largest absolute Gasteiger partial charge is 0.489 e. The SMILES string of the molecule is O=C(O)C12CC(CC3C(=O)C4(CC4)c4cc(OCc5c(-c6c(Cl)cccc6Cl)noc5C5CC5)ccc43)(C1)C2. The van der Waals surface area contributed by atoms with Crippen molar-refractivity contribution in [3.05, 3.63) is 68.9 Å². The minimum absolute atomic E-state index is 0.0233. The lowest BCUT2D eigenvalue weighted by Crippen LogP contribution is -2.65. The molecule has 9 rings (SSSR count). The van der Waals surface area contributed by atoms with E-state index in [1.54, 1.807) is 18.2 Å². The fourth-order valence-corrected chi connectivity index (χ4v) is 8.45. The fraction of sp³-hybridized carbons (Fsp3) is 0.452. The van der Waals surface area contributed by atoms with Gasteiger partial charge in [0.25, 0.3) is 0 Å². The number of hydrogen-bond acceptors (Lipinski definition) is 5. The highest BCUT2D eigenvalue weighted by atomic mass is 35.5. The standard InChI is InChI=1S/C31H27Cl2NO5/c32-22-2-1-3-23(33)24(22)25-20(26(39-34-25)16-4-5-16)12-38-17-6-7-18-19(27(35)31(8-9-31)21(18)10-17)11-29-13-30(14-29,15-29)28(36)37/h1-3,6-7,10,16,19H,4-5,8-9,11-15H2,(H,36,37). The molecular weight excluding hydrogens is 537 g/mol. The third-order valence-corrected chi connectivity index (χ3v) is 10.7. The average Bonchev–Trinajstić information content (AvgIpc) is 3.78. The van der Waals surface area contributed by atoms with Crippen molar-refractivity contribution in [2.24, 2.45) is 10.8 Å². The summed E-state index contributed by atoms with van der Waals surface area (Å²) in [5.41, 5.74) is 3.43. The fourth-order valence-electron chi connectivity index (χ4n) is 7.87. The number of carbonyl (C=O) groups excluding carboxylic acids is 1. The first kappa shape index (κ1) is 24.0. The number of benzene rings is 2. The highest BCUT2D eigenvalue weighted by Crippen LogP contribution is 2.77. The van der Waals surface area contributed by atoms with Crippen LogP contribution in [0.4, 0.5) is 0 Å². The number of aliphatic carboxylic acids is 1. The maximum absolute atomic E-state index is 13.6. The van der Waals surface area contributed by atoms with E-state index in [0.29, 0.717) is 58.0 Å². The molecule has 6 nitrogen and oxygen atoms in total. The van der Waals surface area contributed by atoms with E-state index in [1.807, 2.05) is 12.1 Å². The second-order valence-corrected chi connectivity index (χ2v) is 13.4. The van der Waals surface area contributed by atoms with Gasteiger partial charge in [0.05, 0.1) is 26.4 Å². The number of ether oxygens (including phenoxy) is 1. The van der Waals surface area contributed by atoms with E-state index < -0.39 is 11.4 Å². The van der Waals surface area contributed by atoms with E-state index in [1.165, 1.54) is 0 Å². The Labute approximate surface area is 235 Å². The van der Waals surface area contributed by atoms with E-state index in [0.717, 1.165) is 54.6 Å². The summed E-state index contributed by atoms with van der Waals surface area (Å²) in [7, 11) is 0. The monoisotopic (exact) mass is 563 g/mol. The van der Waals surface area contributed by atoms with Crippen molar-refractivity contribution < 1.29 is 24.0 Å². The van der Waals surface area contributed by atoms with Gasteiger partial charge in [-0.25, -0.2) is 0 Å². The molecule has 1 aromatic heterocycles. The third-order valence-electron chi connectivity index (χ3n) is 10.0. The van der Waals surface area contributed by atoms with Crippen LogP contribution < -0.4 is 4.74 Å². The molecule has 3 aromatic rings. The molecular formula is C31H27Cl2NO5. The summed E-state index contributed by atoms with van der Waals surface area (Å²) in [6, 6.07) is 11.4. The van der Waals surface area contributed by atoms with Crippen molar-refractivity contribution in [2.45, 2.75) is 75.2 Å². The number of carboxylic acid groups (broad SMARTS) is 1. The maximum atomic E-state index is 13.6. The number of carboxylic acids is 1. The van der Waals surface area contributed by atoms with E-state index in [-0.39, 0.29) is 23.4 Å². The quantitative estimate of drug-likeness (QED) is 0.306. The summed E-state index contributed by atoms with van der Waals surface area (Å²) in [6.07, 6.45) is 6.75. The molecule has 1 N–H and O–H groups in total. The number of rotatable bonds is 8. The van der Waals surface area contributed by atoms with Crippen LogP contribution in [0.15, 0.2) is 40.9 Å². The van der Waals surface area contributed by atoms with Crippen LogP contribution in [0.1, 0.15) is 85.7 Å². The van der Waals surface area contributed by atoms with Gasteiger partial charge in [-0.15, -0.1) is 0 Å². The first-order valence-corrected chi connectivity index (χ1v) is 14.5. The Balaban J connectivity index is 1.07. The normalized spacial score (nSPS) is 29.1. The number of Topliss-reactive ketones (excluding diaryl/α,β-unsaturated/α-hetero) is 1. The van der Waals surface area contributed by atoms with Gasteiger partial charge in [0.1, 0.15) is 23.8 Å². The number of carbonyl (C=O) groups is 2.